The number of hydrogen-bond donors (Lipinski definition) is 1. The lowest BCUT2D eigenvalue weighted by atomic mass is 10.1. The summed E-state index contributed by atoms with van der Waals surface area (Å²) in [5.74, 6) is -0.851. The van der Waals surface area contributed by atoms with Crippen molar-refractivity contribution in [2.45, 2.75) is 27.2 Å². The predicted octanol–water partition coefficient (Wildman–Crippen LogP) is 0.973. The molecule has 0 aromatic carbocycles. The molecule has 0 spiro atoms. The highest BCUT2D eigenvalue weighted by molar-refractivity contribution is 5.88. The van der Waals surface area contributed by atoms with Crippen LogP contribution in [0.15, 0.2) is 11.6 Å². The molecule has 5 heteroatoms. The maximum absolute atomic E-state index is 11.9. The van der Waals surface area contributed by atoms with Crippen LogP contribution in [0.4, 0.5) is 0 Å². The largest absolute Gasteiger partial charge is 0.469 e. The van der Waals surface area contributed by atoms with Crippen LogP contribution in [-0.2, 0) is 14.3 Å². The zero-order valence-electron chi connectivity index (χ0n) is 11.6. The number of esters is 1. The molecule has 1 unspecified atom stereocenters. The summed E-state index contributed by atoms with van der Waals surface area (Å²) in [5, 5.41) is 8.82. The van der Waals surface area contributed by atoms with E-state index >= 15 is 0 Å². The molecular formula is C13H23NO4. The average Bonchev–Trinajstić information content (AvgIpc) is 2.31. The highest BCUT2D eigenvalue weighted by Crippen LogP contribution is 2.05. The maximum Gasteiger partial charge on any atom is 0.310 e. The van der Waals surface area contributed by atoms with E-state index in [0.717, 1.165) is 5.57 Å². The molecule has 1 atom stereocenters. The monoisotopic (exact) mass is 257 g/mol. The Morgan fingerprint density at radius 2 is 2.00 bits per heavy atom. The second kappa shape index (κ2) is 8.69. The zero-order valence-corrected chi connectivity index (χ0v) is 11.6. The lowest BCUT2D eigenvalue weighted by Crippen LogP contribution is -2.37. The van der Waals surface area contributed by atoms with Gasteiger partial charge in [-0.25, -0.2) is 0 Å². The topological polar surface area (TPSA) is 66.8 Å². The van der Waals surface area contributed by atoms with Crippen LogP contribution in [0.2, 0.25) is 0 Å². The van der Waals surface area contributed by atoms with Crippen molar-refractivity contribution in [1.82, 2.24) is 4.90 Å². The third-order valence-corrected chi connectivity index (χ3v) is 2.41. The number of hydrogen-bond acceptors (Lipinski definition) is 4. The fourth-order valence-corrected chi connectivity index (χ4v) is 1.50. The third kappa shape index (κ3) is 6.39. The van der Waals surface area contributed by atoms with Crippen molar-refractivity contribution in [3.05, 3.63) is 11.6 Å². The van der Waals surface area contributed by atoms with Crippen molar-refractivity contribution in [2.24, 2.45) is 5.92 Å². The number of aliphatic hydroxyl groups excluding tert-OH is 1. The summed E-state index contributed by atoms with van der Waals surface area (Å²) < 4.78 is 4.64. The molecule has 1 amide bonds. The van der Waals surface area contributed by atoms with Gasteiger partial charge in [0.1, 0.15) is 0 Å². The van der Waals surface area contributed by atoms with Gasteiger partial charge < -0.3 is 14.7 Å². The van der Waals surface area contributed by atoms with E-state index in [1.54, 1.807) is 11.8 Å². The van der Waals surface area contributed by atoms with Gasteiger partial charge in [0.05, 0.1) is 13.0 Å². The minimum atomic E-state index is -0.372. The molecule has 0 aromatic rings. The molecule has 1 N–H and O–H groups in total. The van der Waals surface area contributed by atoms with Crippen molar-refractivity contribution in [2.75, 3.05) is 26.8 Å². The van der Waals surface area contributed by atoms with E-state index in [4.69, 9.17) is 5.11 Å². The van der Waals surface area contributed by atoms with E-state index in [1.807, 2.05) is 13.8 Å². The van der Waals surface area contributed by atoms with E-state index in [0.29, 0.717) is 19.5 Å². The van der Waals surface area contributed by atoms with Gasteiger partial charge in [0, 0.05) is 25.8 Å². The van der Waals surface area contributed by atoms with Crippen molar-refractivity contribution >= 4 is 11.9 Å². The van der Waals surface area contributed by atoms with Crippen molar-refractivity contribution in [3.63, 3.8) is 0 Å². The minimum Gasteiger partial charge on any atom is -0.469 e. The van der Waals surface area contributed by atoms with Gasteiger partial charge in [-0.2, -0.15) is 0 Å². The Bertz CT molecular complexity index is 308. The number of ether oxygens (including phenoxy) is 1. The minimum absolute atomic E-state index is 0.0191. The summed E-state index contributed by atoms with van der Waals surface area (Å²) >= 11 is 0. The summed E-state index contributed by atoms with van der Waals surface area (Å²) in [6.07, 6.45) is 2.03. The van der Waals surface area contributed by atoms with Gasteiger partial charge in [0.15, 0.2) is 0 Å². The van der Waals surface area contributed by atoms with E-state index in [1.165, 1.54) is 13.2 Å². The van der Waals surface area contributed by atoms with Gasteiger partial charge in [-0.15, -0.1) is 0 Å². The molecule has 0 aliphatic rings. The van der Waals surface area contributed by atoms with Crippen LogP contribution in [0.25, 0.3) is 0 Å². The second-order valence-corrected chi connectivity index (χ2v) is 4.51. The molecule has 0 rings (SSSR count). The van der Waals surface area contributed by atoms with E-state index < -0.39 is 0 Å². The van der Waals surface area contributed by atoms with Gasteiger partial charge in [-0.3, -0.25) is 9.59 Å². The summed E-state index contributed by atoms with van der Waals surface area (Å²) in [5.41, 5.74) is 0.903. The Morgan fingerprint density at radius 3 is 2.44 bits per heavy atom. The van der Waals surface area contributed by atoms with Gasteiger partial charge in [0.25, 0.3) is 0 Å². The number of allylic oxidation sites excluding steroid dienone is 1. The Balaban J connectivity index is 4.62. The molecule has 0 saturated heterocycles. The normalized spacial score (nSPS) is 11.6. The number of rotatable bonds is 7. The fourth-order valence-electron chi connectivity index (χ4n) is 1.50. The van der Waals surface area contributed by atoms with E-state index in [-0.39, 0.29) is 24.4 Å². The molecule has 0 heterocycles. The van der Waals surface area contributed by atoms with Crippen LogP contribution in [0.1, 0.15) is 27.2 Å². The summed E-state index contributed by atoms with van der Waals surface area (Å²) in [7, 11) is 1.33. The number of amides is 1. The summed E-state index contributed by atoms with van der Waals surface area (Å²) in [4.78, 5) is 24.8. The van der Waals surface area contributed by atoms with Gasteiger partial charge in [0.2, 0.25) is 5.91 Å². The summed E-state index contributed by atoms with van der Waals surface area (Å²) in [6.45, 7) is 6.15. The van der Waals surface area contributed by atoms with Crippen LogP contribution >= 0.6 is 0 Å². The smallest absolute Gasteiger partial charge is 0.310 e. The molecule has 5 nitrogen and oxygen atoms in total. The Hall–Kier alpha value is -1.36. The predicted molar refractivity (Wildman–Crippen MR) is 68.9 cm³/mol. The first-order chi connectivity index (χ1) is 8.42. The fraction of sp³-hybridized carbons (Fsp3) is 0.692. The number of nitrogens with zero attached hydrogens (tertiary/aromatic N) is 1. The molecule has 104 valence electrons. The SMILES string of the molecule is COC(=O)C(C)CN(CCCO)C(=O)C=C(C)C. The highest BCUT2D eigenvalue weighted by atomic mass is 16.5. The first kappa shape index (κ1) is 16.6. The molecule has 0 bridgehead atoms. The van der Waals surface area contributed by atoms with Gasteiger partial charge >= 0.3 is 5.97 Å². The molecule has 0 radical (unpaired) electrons. The Morgan fingerprint density at radius 1 is 1.39 bits per heavy atom. The molecular weight excluding hydrogens is 234 g/mol. The summed E-state index contributed by atoms with van der Waals surface area (Å²) in [6, 6.07) is 0. The van der Waals surface area contributed by atoms with Crippen LogP contribution in [0, 0.1) is 5.92 Å². The molecule has 0 aromatic heterocycles. The van der Waals surface area contributed by atoms with Crippen LogP contribution < -0.4 is 0 Å². The number of methoxy groups -OCH3 is 1. The average molecular weight is 257 g/mol. The van der Waals surface area contributed by atoms with E-state index in [9.17, 15) is 9.59 Å². The van der Waals surface area contributed by atoms with Crippen molar-refractivity contribution in [3.8, 4) is 0 Å². The molecule has 0 aliphatic heterocycles. The Labute approximate surface area is 108 Å². The Kier molecular flexibility index (Phi) is 8.03. The van der Waals surface area contributed by atoms with E-state index in [2.05, 4.69) is 4.74 Å². The molecule has 18 heavy (non-hydrogen) atoms. The van der Waals surface area contributed by atoms with Crippen molar-refractivity contribution in [1.29, 1.82) is 0 Å². The second-order valence-electron chi connectivity index (χ2n) is 4.51. The number of carbonyl (C=O) groups excluding carboxylic acids is 2. The van der Waals surface area contributed by atoms with Crippen LogP contribution in [-0.4, -0.2) is 48.7 Å². The first-order valence-corrected chi connectivity index (χ1v) is 6.04. The lowest BCUT2D eigenvalue weighted by Gasteiger charge is -2.23. The molecule has 0 fully saturated rings. The van der Waals surface area contributed by atoms with Crippen LogP contribution in [0.3, 0.4) is 0 Å². The highest BCUT2D eigenvalue weighted by Gasteiger charge is 2.20. The first-order valence-electron chi connectivity index (χ1n) is 6.04. The van der Waals surface area contributed by atoms with Gasteiger partial charge in [-0.05, 0) is 20.3 Å². The van der Waals surface area contributed by atoms with Crippen LogP contribution in [0.5, 0.6) is 0 Å². The molecule has 0 saturated carbocycles. The molecule has 0 aliphatic carbocycles. The lowest BCUT2D eigenvalue weighted by molar-refractivity contribution is -0.146. The maximum atomic E-state index is 11.9. The standard InChI is InChI=1S/C13H23NO4/c1-10(2)8-12(16)14(6-5-7-15)9-11(3)13(17)18-4/h8,11,15H,5-7,9H2,1-4H3. The number of carbonyl (C=O) groups is 2. The van der Waals surface area contributed by atoms with Gasteiger partial charge in [-0.1, -0.05) is 12.5 Å². The third-order valence-electron chi connectivity index (χ3n) is 2.41. The number of aliphatic hydroxyl groups is 1. The van der Waals surface area contributed by atoms with Crippen molar-refractivity contribution < 1.29 is 19.4 Å². The zero-order chi connectivity index (χ0) is 14.1. The quantitative estimate of drug-likeness (QED) is 0.545.